The molecule has 7 unspecified atom stereocenters. The van der Waals surface area contributed by atoms with E-state index in [0.29, 0.717) is 17.4 Å². The molecule has 0 saturated heterocycles. The summed E-state index contributed by atoms with van der Waals surface area (Å²) in [7, 11) is 2.21. The van der Waals surface area contributed by atoms with Gasteiger partial charge in [0.1, 0.15) is 0 Å². The largest absolute Gasteiger partial charge is 0.372 e. The zero-order valence-corrected chi connectivity index (χ0v) is 20.9. The zero-order chi connectivity index (χ0) is 22.3. The van der Waals surface area contributed by atoms with Gasteiger partial charge in [-0.25, -0.2) is 0 Å². The second-order valence-electron chi connectivity index (χ2n) is 11.7. The Bertz CT molecular complexity index is 802. The van der Waals surface area contributed by atoms with E-state index in [0.717, 1.165) is 29.6 Å². The van der Waals surface area contributed by atoms with E-state index < -0.39 is 0 Å². The van der Waals surface area contributed by atoms with Gasteiger partial charge >= 0.3 is 0 Å². The molecule has 1 aromatic carbocycles. The molecule has 0 N–H and O–H groups in total. The highest BCUT2D eigenvalue weighted by atomic mass is 15.1. The van der Waals surface area contributed by atoms with Gasteiger partial charge in [0.15, 0.2) is 0 Å². The summed E-state index contributed by atoms with van der Waals surface area (Å²) in [5.74, 6) is 4.91. The number of rotatable bonds is 5. The molecule has 0 amide bonds. The molecule has 3 aliphatic rings. The minimum Gasteiger partial charge on any atom is -0.372 e. The van der Waals surface area contributed by atoms with E-state index in [1.165, 1.54) is 44.2 Å². The maximum atomic E-state index is 4.04. The van der Waals surface area contributed by atoms with Crippen LogP contribution in [0.25, 0.3) is 0 Å². The molecule has 7 atom stereocenters. The van der Waals surface area contributed by atoms with Gasteiger partial charge in [-0.15, -0.1) is 0 Å². The maximum absolute atomic E-state index is 4.04. The van der Waals surface area contributed by atoms with E-state index in [9.17, 15) is 0 Å². The van der Waals surface area contributed by atoms with Crippen molar-refractivity contribution >= 4 is 5.69 Å². The molecule has 4 rings (SSSR count). The lowest BCUT2D eigenvalue weighted by molar-refractivity contribution is -0.0163. The highest BCUT2D eigenvalue weighted by Gasteiger charge is 2.56. The Morgan fingerprint density at radius 3 is 2.52 bits per heavy atom. The molecule has 3 aliphatic carbocycles. The van der Waals surface area contributed by atoms with Crippen molar-refractivity contribution in [2.45, 2.75) is 85.1 Å². The van der Waals surface area contributed by atoms with Crippen molar-refractivity contribution in [3.05, 3.63) is 54.1 Å². The van der Waals surface area contributed by atoms with E-state index in [4.69, 9.17) is 0 Å². The van der Waals surface area contributed by atoms with E-state index in [1.54, 1.807) is 11.1 Å². The molecule has 1 nitrogen and oxygen atoms in total. The summed E-state index contributed by atoms with van der Waals surface area (Å²) in [6.07, 6.45) is 12.6. The molecule has 0 spiro atoms. The van der Waals surface area contributed by atoms with E-state index in [1.807, 2.05) is 6.08 Å². The lowest BCUT2D eigenvalue weighted by Crippen LogP contribution is -2.47. The lowest BCUT2D eigenvalue weighted by atomic mass is 9.49. The van der Waals surface area contributed by atoms with Crippen LogP contribution in [0, 0.1) is 35.0 Å². The van der Waals surface area contributed by atoms with Crippen molar-refractivity contribution in [2.75, 3.05) is 11.9 Å². The Balaban J connectivity index is 1.73. The molecule has 1 heteroatoms. The summed E-state index contributed by atoms with van der Waals surface area (Å²) in [6.45, 7) is 16.1. The number of hydrogen-bond acceptors (Lipinski definition) is 1. The molecule has 0 aliphatic heterocycles. The average molecular weight is 420 g/mol. The minimum absolute atomic E-state index is 0.524. The van der Waals surface area contributed by atoms with Gasteiger partial charge in [0.25, 0.3) is 0 Å². The van der Waals surface area contributed by atoms with Crippen LogP contribution in [0.2, 0.25) is 0 Å². The first kappa shape index (κ1) is 22.7. The topological polar surface area (TPSA) is 3.24 Å². The van der Waals surface area contributed by atoms with Crippen LogP contribution in [0.1, 0.15) is 84.6 Å². The van der Waals surface area contributed by atoms with Crippen LogP contribution in [-0.2, 0) is 0 Å². The molecule has 31 heavy (non-hydrogen) atoms. The molecular weight excluding hydrogens is 374 g/mol. The number of fused-ring (bicyclic) bond motifs is 3. The number of benzene rings is 1. The van der Waals surface area contributed by atoms with Gasteiger partial charge in [0.2, 0.25) is 0 Å². The second-order valence-corrected chi connectivity index (χ2v) is 11.7. The number of anilines is 1. The molecular formula is C30H45N. The first-order valence-electron chi connectivity index (χ1n) is 12.9. The average Bonchev–Trinajstić information content (AvgIpc) is 3.06. The van der Waals surface area contributed by atoms with Gasteiger partial charge in [-0.2, -0.15) is 0 Å². The summed E-state index contributed by atoms with van der Waals surface area (Å²) in [5.41, 5.74) is 5.13. The Labute approximate surface area is 192 Å². The molecule has 0 aromatic heterocycles. The third kappa shape index (κ3) is 4.03. The van der Waals surface area contributed by atoms with Gasteiger partial charge in [0, 0.05) is 18.8 Å². The SMILES string of the molecule is C=C/C=C1/CCC2C(C1CC)C(c1ccc(N(C)C(C)C)cc1)CC1(C)CC(C)CC21. The van der Waals surface area contributed by atoms with E-state index in [-0.39, 0.29) is 0 Å². The zero-order valence-electron chi connectivity index (χ0n) is 20.9. The fourth-order valence-corrected chi connectivity index (χ4v) is 8.11. The first-order chi connectivity index (χ1) is 14.8. The maximum Gasteiger partial charge on any atom is 0.0366 e. The van der Waals surface area contributed by atoms with Crippen LogP contribution in [0.15, 0.2) is 48.6 Å². The smallest absolute Gasteiger partial charge is 0.0366 e. The van der Waals surface area contributed by atoms with Gasteiger partial charge in [-0.3, -0.25) is 0 Å². The Hall–Kier alpha value is -1.50. The molecule has 0 heterocycles. The van der Waals surface area contributed by atoms with E-state index in [2.05, 4.69) is 83.5 Å². The molecule has 0 radical (unpaired) electrons. The Morgan fingerprint density at radius 1 is 1.19 bits per heavy atom. The molecule has 1 aromatic rings. The minimum atomic E-state index is 0.524. The summed E-state index contributed by atoms with van der Waals surface area (Å²) in [5, 5.41) is 0. The third-order valence-electron chi connectivity index (χ3n) is 9.51. The second kappa shape index (κ2) is 8.80. The molecule has 170 valence electrons. The first-order valence-corrected chi connectivity index (χ1v) is 12.9. The van der Waals surface area contributed by atoms with Crippen molar-refractivity contribution in [2.24, 2.45) is 35.0 Å². The van der Waals surface area contributed by atoms with Crippen LogP contribution >= 0.6 is 0 Å². The molecule has 3 saturated carbocycles. The number of hydrogen-bond donors (Lipinski definition) is 0. The summed E-state index contributed by atoms with van der Waals surface area (Å²) in [4.78, 5) is 2.38. The van der Waals surface area contributed by atoms with Crippen LogP contribution in [0.4, 0.5) is 5.69 Å². The summed E-state index contributed by atoms with van der Waals surface area (Å²) in [6, 6.07) is 10.2. The quantitative estimate of drug-likeness (QED) is 0.464. The van der Waals surface area contributed by atoms with Crippen LogP contribution in [0.3, 0.4) is 0 Å². The standard InChI is InChI=1S/C30H45N/c1-8-10-22-13-16-26-28-17-21(5)18-30(28,6)19-27(29(26)25(22)9-2)23-11-14-24(15-12-23)31(7)20(3)4/h8,10-12,14-15,20-21,25-29H,1,9,13,16-19H2,2-7H3/b22-10-. The van der Waals surface area contributed by atoms with Crippen molar-refractivity contribution in [3.8, 4) is 0 Å². The number of nitrogens with zero attached hydrogens (tertiary/aromatic N) is 1. The third-order valence-corrected chi connectivity index (χ3v) is 9.51. The fourth-order valence-electron chi connectivity index (χ4n) is 8.11. The van der Waals surface area contributed by atoms with Gasteiger partial charge in [0.05, 0.1) is 0 Å². The van der Waals surface area contributed by atoms with Crippen molar-refractivity contribution in [1.29, 1.82) is 0 Å². The monoisotopic (exact) mass is 419 g/mol. The molecule has 3 fully saturated rings. The normalized spacial score (nSPS) is 38.7. The van der Waals surface area contributed by atoms with Crippen molar-refractivity contribution in [1.82, 2.24) is 0 Å². The van der Waals surface area contributed by atoms with Crippen molar-refractivity contribution in [3.63, 3.8) is 0 Å². The van der Waals surface area contributed by atoms with Gasteiger partial charge in [-0.05, 0) is 111 Å². The summed E-state index contributed by atoms with van der Waals surface area (Å²) >= 11 is 0. The Kier molecular flexibility index (Phi) is 6.44. The molecule has 0 bridgehead atoms. The lowest BCUT2D eigenvalue weighted by Gasteiger charge is -2.56. The predicted octanol–water partition coefficient (Wildman–Crippen LogP) is 8.24. The fraction of sp³-hybridized carbons (Fsp3) is 0.667. The van der Waals surface area contributed by atoms with Gasteiger partial charge in [-0.1, -0.05) is 57.2 Å². The van der Waals surface area contributed by atoms with E-state index >= 15 is 0 Å². The van der Waals surface area contributed by atoms with Crippen LogP contribution in [-0.4, -0.2) is 13.1 Å². The predicted molar refractivity (Wildman–Crippen MR) is 136 cm³/mol. The van der Waals surface area contributed by atoms with Gasteiger partial charge < -0.3 is 4.90 Å². The Morgan fingerprint density at radius 2 is 1.90 bits per heavy atom. The number of allylic oxidation sites excluding steroid dienone is 3. The summed E-state index contributed by atoms with van der Waals surface area (Å²) < 4.78 is 0. The highest BCUT2D eigenvalue weighted by molar-refractivity contribution is 5.48. The van der Waals surface area contributed by atoms with Crippen molar-refractivity contribution < 1.29 is 0 Å². The van der Waals surface area contributed by atoms with Crippen LogP contribution in [0.5, 0.6) is 0 Å². The highest BCUT2D eigenvalue weighted by Crippen LogP contribution is 2.66. The van der Waals surface area contributed by atoms with Crippen LogP contribution < -0.4 is 4.90 Å².